The molecule has 0 unspecified atom stereocenters. The summed E-state index contributed by atoms with van der Waals surface area (Å²) in [5.41, 5.74) is 8.66. The number of fused-ring (bicyclic) bond motifs is 1. The van der Waals surface area contributed by atoms with Gasteiger partial charge in [-0.05, 0) is 49.6 Å². The van der Waals surface area contributed by atoms with Crippen molar-refractivity contribution in [2.75, 3.05) is 48.8 Å². The molecule has 214 valence electrons. The van der Waals surface area contributed by atoms with Crippen molar-refractivity contribution in [3.8, 4) is 5.75 Å². The normalized spacial score (nSPS) is 18.1. The summed E-state index contributed by atoms with van der Waals surface area (Å²) in [6.45, 7) is 3.27. The third kappa shape index (κ3) is 5.49. The fourth-order valence-electron chi connectivity index (χ4n) is 5.93. The van der Waals surface area contributed by atoms with Gasteiger partial charge in [-0.3, -0.25) is 14.7 Å². The van der Waals surface area contributed by atoms with Crippen molar-refractivity contribution in [2.24, 2.45) is 5.73 Å². The first-order valence-electron chi connectivity index (χ1n) is 13.8. The molecule has 4 aromatic rings. The van der Waals surface area contributed by atoms with E-state index >= 15 is 0 Å². The zero-order chi connectivity index (χ0) is 28.5. The molecular formula is C30H33F2N7O2. The summed E-state index contributed by atoms with van der Waals surface area (Å²) in [6.07, 6.45) is 5.30. The number of likely N-dealkylation sites (tertiary alicyclic amines) is 1. The average molecular weight is 562 g/mol. The lowest BCUT2D eigenvalue weighted by molar-refractivity contribution is 0.0997. The molecular weight excluding hydrogens is 528 g/mol. The lowest BCUT2D eigenvalue weighted by atomic mass is 10.0. The number of nitrogens with one attached hydrogen (secondary N) is 3. The summed E-state index contributed by atoms with van der Waals surface area (Å²) in [5.74, 6) is -0.149. The van der Waals surface area contributed by atoms with Crippen LogP contribution in [0, 0.1) is 5.82 Å². The SMILES string of the molecule is COc1cc(N2CCC(N3CC[C@H](F)C3)CC2)ccc1Nc1cc2c(Nc3cccc(F)c3C(N)=O)cncc2[nH]1. The Morgan fingerprint density at radius 3 is 2.61 bits per heavy atom. The van der Waals surface area contributed by atoms with Gasteiger partial charge in [0, 0.05) is 49.4 Å². The Labute approximate surface area is 236 Å². The molecule has 0 spiro atoms. The molecule has 9 nitrogen and oxygen atoms in total. The standard InChI is InChI=1S/C30H33F2N7O2/c1-41-27-13-20(38-11-8-19(9-12-38)39-10-7-18(31)17-39)5-6-23(27)36-28-14-21-25(15-34-16-26(21)37-28)35-24-4-2-3-22(32)29(24)30(33)40/h2-6,13-16,18-19,35-37H,7-12,17H2,1H3,(H2,33,40)/t18-/m0/s1. The smallest absolute Gasteiger partial charge is 0.253 e. The number of primary amides is 1. The summed E-state index contributed by atoms with van der Waals surface area (Å²) < 4.78 is 33.7. The summed E-state index contributed by atoms with van der Waals surface area (Å²) in [5, 5.41) is 7.28. The topological polar surface area (TPSA) is 112 Å². The van der Waals surface area contributed by atoms with Gasteiger partial charge < -0.3 is 31.0 Å². The highest BCUT2D eigenvalue weighted by Gasteiger charge is 2.30. The summed E-state index contributed by atoms with van der Waals surface area (Å²) in [4.78, 5) is 24.1. The van der Waals surface area contributed by atoms with Gasteiger partial charge in [-0.15, -0.1) is 0 Å². The maximum absolute atomic E-state index is 14.3. The second-order valence-electron chi connectivity index (χ2n) is 10.6. The Bertz CT molecular complexity index is 1570. The number of amides is 1. The molecule has 2 saturated heterocycles. The number of benzene rings is 2. The third-order valence-corrected chi connectivity index (χ3v) is 8.04. The molecule has 0 radical (unpaired) electrons. The number of aromatic nitrogens is 2. The maximum Gasteiger partial charge on any atom is 0.253 e. The van der Waals surface area contributed by atoms with Crippen LogP contribution in [0.15, 0.2) is 54.9 Å². The van der Waals surface area contributed by atoms with Crippen LogP contribution in [0.4, 0.5) is 37.3 Å². The van der Waals surface area contributed by atoms with Crippen LogP contribution in [0.5, 0.6) is 5.75 Å². The van der Waals surface area contributed by atoms with Crippen LogP contribution in [0.1, 0.15) is 29.6 Å². The quantitative estimate of drug-likeness (QED) is 0.231. The average Bonchev–Trinajstić information content (AvgIpc) is 3.59. The van der Waals surface area contributed by atoms with Crippen LogP contribution in [0.3, 0.4) is 0 Å². The Kier molecular flexibility index (Phi) is 7.36. The molecule has 4 heterocycles. The Hall–Kier alpha value is -4.38. The van der Waals surface area contributed by atoms with E-state index in [1.165, 1.54) is 12.1 Å². The molecule has 2 aromatic heterocycles. The lowest BCUT2D eigenvalue weighted by Crippen LogP contribution is -2.44. The van der Waals surface area contributed by atoms with Gasteiger partial charge in [0.25, 0.3) is 5.91 Å². The fourth-order valence-corrected chi connectivity index (χ4v) is 5.93. The predicted octanol–water partition coefficient (Wildman–Crippen LogP) is 5.31. The summed E-state index contributed by atoms with van der Waals surface area (Å²) >= 11 is 0. The number of halogens is 2. The Morgan fingerprint density at radius 1 is 1.05 bits per heavy atom. The van der Waals surface area contributed by atoms with Crippen molar-refractivity contribution in [1.29, 1.82) is 0 Å². The minimum atomic E-state index is -0.858. The van der Waals surface area contributed by atoms with Crippen molar-refractivity contribution >= 4 is 45.4 Å². The summed E-state index contributed by atoms with van der Waals surface area (Å²) in [6, 6.07) is 12.7. The highest BCUT2D eigenvalue weighted by atomic mass is 19.1. The van der Waals surface area contributed by atoms with Crippen molar-refractivity contribution in [2.45, 2.75) is 31.5 Å². The van der Waals surface area contributed by atoms with Crippen molar-refractivity contribution < 1.29 is 18.3 Å². The van der Waals surface area contributed by atoms with Gasteiger partial charge in [0.15, 0.2) is 0 Å². The molecule has 5 N–H and O–H groups in total. The highest BCUT2D eigenvalue weighted by Crippen LogP contribution is 2.36. The molecule has 2 aromatic carbocycles. The maximum atomic E-state index is 14.3. The number of nitrogens with two attached hydrogens (primary N) is 1. The van der Waals surface area contributed by atoms with Gasteiger partial charge in [0.05, 0.1) is 47.6 Å². The Morgan fingerprint density at radius 2 is 1.88 bits per heavy atom. The molecule has 0 saturated carbocycles. The number of H-pyrrole nitrogens is 1. The third-order valence-electron chi connectivity index (χ3n) is 8.04. The molecule has 2 aliphatic heterocycles. The van der Waals surface area contributed by atoms with Crippen LogP contribution in [-0.2, 0) is 0 Å². The van der Waals surface area contributed by atoms with Crippen LogP contribution < -0.4 is 26.0 Å². The van der Waals surface area contributed by atoms with E-state index in [4.69, 9.17) is 10.5 Å². The number of ether oxygens (including phenoxy) is 1. The van der Waals surface area contributed by atoms with Crippen LogP contribution >= 0.6 is 0 Å². The van der Waals surface area contributed by atoms with Gasteiger partial charge in [0.2, 0.25) is 0 Å². The van der Waals surface area contributed by atoms with Crippen molar-refractivity contribution in [1.82, 2.24) is 14.9 Å². The first-order valence-corrected chi connectivity index (χ1v) is 13.8. The molecule has 11 heteroatoms. The van der Waals surface area contributed by atoms with E-state index < -0.39 is 17.9 Å². The van der Waals surface area contributed by atoms with Crippen LogP contribution in [0.25, 0.3) is 10.9 Å². The number of carbonyl (C=O) groups excluding carboxylic acids is 1. The van der Waals surface area contributed by atoms with Crippen molar-refractivity contribution in [3.63, 3.8) is 0 Å². The number of hydrogen-bond acceptors (Lipinski definition) is 7. The molecule has 2 fully saturated rings. The molecule has 0 bridgehead atoms. The number of methoxy groups -OCH3 is 1. The van der Waals surface area contributed by atoms with E-state index in [0.29, 0.717) is 36.3 Å². The monoisotopic (exact) mass is 561 g/mol. The predicted molar refractivity (Wildman–Crippen MR) is 157 cm³/mol. The van der Waals surface area contributed by atoms with E-state index in [0.717, 1.165) is 54.8 Å². The summed E-state index contributed by atoms with van der Waals surface area (Å²) in [7, 11) is 1.64. The molecule has 6 rings (SSSR count). The highest BCUT2D eigenvalue weighted by molar-refractivity contribution is 6.02. The number of alkyl halides is 1. The van der Waals surface area contributed by atoms with Gasteiger partial charge in [-0.25, -0.2) is 8.78 Å². The number of piperidine rings is 1. The Balaban J connectivity index is 1.18. The first kappa shape index (κ1) is 26.8. The van der Waals surface area contributed by atoms with Gasteiger partial charge in [0.1, 0.15) is 23.6 Å². The minimum Gasteiger partial charge on any atom is -0.494 e. The number of anilines is 5. The van der Waals surface area contributed by atoms with Gasteiger partial charge in [-0.2, -0.15) is 0 Å². The molecule has 1 atom stereocenters. The van der Waals surface area contributed by atoms with E-state index in [1.807, 2.05) is 18.2 Å². The van der Waals surface area contributed by atoms with Crippen LogP contribution in [-0.4, -0.2) is 66.3 Å². The number of carbonyl (C=O) groups is 1. The van der Waals surface area contributed by atoms with E-state index in [2.05, 4.69) is 36.5 Å². The number of aromatic amines is 1. The fraction of sp³-hybridized carbons (Fsp3) is 0.333. The largest absolute Gasteiger partial charge is 0.494 e. The number of rotatable bonds is 8. The first-order chi connectivity index (χ1) is 19.9. The van der Waals surface area contributed by atoms with E-state index in [9.17, 15) is 13.6 Å². The zero-order valence-electron chi connectivity index (χ0n) is 22.8. The molecule has 2 aliphatic rings. The minimum absolute atomic E-state index is 0.211. The molecule has 1 amide bonds. The van der Waals surface area contributed by atoms with E-state index in [-0.39, 0.29) is 11.3 Å². The molecule has 41 heavy (non-hydrogen) atoms. The number of nitrogens with zero attached hydrogens (tertiary/aromatic N) is 3. The zero-order valence-corrected chi connectivity index (χ0v) is 22.8. The van der Waals surface area contributed by atoms with Crippen LogP contribution in [0.2, 0.25) is 0 Å². The van der Waals surface area contributed by atoms with Gasteiger partial charge >= 0.3 is 0 Å². The second kappa shape index (κ2) is 11.2. The van der Waals surface area contributed by atoms with Crippen molar-refractivity contribution in [3.05, 3.63) is 66.2 Å². The number of pyridine rings is 1. The molecule has 0 aliphatic carbocycles. The number of hydrogen-bond donors (Lipinski definition) is 4. The lowest BCUT2D eigenvalue weighted by Gasteiger charge is -2.38. The van der Waals surface area contributed by atoms with E-state index in [1.54, 1.807) is 25.6 Å². The van der Waals surface area contributed by atoms with Gasteiger partial charge in [-0.1, -0.05) is 6.07 Å². The second-order valence-corrected chi connectivity index (χ2v) is 10.6.